The molecule has 0 aromatic heterocycles. The molecule has 2 nitrogen and oxygen atoms in total. The summed E-state index contributed by atoms with van der Waals surface area (Å²) in [7, 11) is -0.234. The number of benzene rings is 3. The van der Waals surface area contributed by atoms with Crippen molar-refractivity contribution in [2.24, 2.45) is 0 Å². The second-order valence-electron chi connectivity index (χ2n) is 7.19. The van der Waals surface area contributed by atoms with Crippen molar-refractivity contribution in [3.63, 3.8) is 0 Å². The normalized spacial score (nSPS) is 15.0. The number of esters is 1. The lowest BCUT2D eigenvalue weighted by atomic mass is 10.0. The predicted octanol–water partition coefficient (Wildman–Crippen LogP) is 5.88. The van der Waals surface area contributed by atoms with Gasteiger partial charge in [0.25, 0.3) is 0 Å². The molecule has 0 spiro atoms. The van der Waals surface area contributed by atoms with E-state index >= 15 is 0 Å². The third kappa shape index (κ3) is 4.23. The largest absolute Gasteiger partial charge is 0.442 e. The van der Waals surface area contributed by atoms with E-state index in [0.717, 1.165) is 30.6 Å². The molecule has 0 unspecified atom stereocenters. The first-order valence-corrected chi connectivity index (χ1v) is 11.1. The van der Waals surface area contributed by atoms with E-state index in [0.29, 0.717) is 5.56 Å². The second-order valence-corrected chi connectivity index (χ2v) is 9.22. The van der Waals surface area contributed by atoms with Crippen LogP contribution in [0.1, 0.15) is 36.0 Å². The number of carbonyl (C=O) groups excluding carboxylic acids is 1. The van der Waals surface area contributed by atoms with Gasteiger partial charge in [-0.2, -0.15) is 0 Å². The van der Waals surface area contributed by atoms with E-state index < -0.39 is 5.60 Å². The fourth-order valence-electron chi connectivity index (χ4n) is 3.71. The number of rotatable bonds is 5. The van der Waals surface area contributed by atoms with Crippen molar-refractivity contribution in [2.45, 2.75) is 46.0 Å². The van der Waals surface area contributed by atoms with Gasteiger partial charge in [-0.3, -0.25) is 0 Å². The number of hydrogen-bond acceptors (Lipinski definition) is 2. The first-order valence-electron chi connectivity index (χ1n) is 9.86. The fraction of sp³-hybridized carbons (Fsp3) is 0.192. The van der Waals surface area contributed by atoms with E-state index in [4.69, 9.17) is 11.2 Å². The molecule has 3 aromatic rings. The highest BCUT2D eigenvalue weighted by Gasteiger charge is 2.36. The smallest absolute Gasteiger partial charge is 0.339 e. The molecule has 29 heavy (non-hydrogen) atoms. The van der Waals surface area contributed by atoms with Crippen molar-refractivity contribution >= 4 is 16.9 Å². The molecule has 144 valence electrons. The third-order valence-corrected chi connectivity index (χ3v) is 7.48. The highest BCUT2D eigenvalue weighted by Crippen LogP contribution is 2.34. The van der Waals surface area contributed by atoms with Gasteiger partial charge < -0.3 is 4.74 Å². The maximum Gasteiger partial charge on any atom is 0.339 e. The third-order valence-electron chi connectivity index (χ3n) is 5.25. The van der Waals surface area contributed by atoms with Gasteiger partial charge in [-0.05, 0) is 74.2 Å². The van der Waals surface area contributed by atoms with Crippen molar-refractivity contribution in [2.75, 3.05) is 0 Å². The van der Waals surface area contributed by atoms with Crippen LogP contribution in [0.25, 0.3) is 0 Å². The standard InChI is InChI=1S/C26H23O2S/c1-2-26(19-9-10-20-26)28-25(27)21-15-17-24(18-16-21)29(22-11-5-3-6-12-22)23-13-7-4-8-14-23/h1,3-8,11-18H,9-10,19-20H2/q+1. The van der Waals surface area contributed by atoms with Gasteiger partial charge in [-0.25, -0.2) is 4.79 Å². The van der Waals surface area contributed by atoms with E-state index in [1.807, 2.05) is 36.4 Å². The zero-order valence-electron chi connectivity index (χ0n) is 16.2. The summed E-state index contributed by atoms with van der Waals surface area (Å²) >= 11 is 0. The van der Waals surface area contributed by atoms with Crippen LogP contribution >= 0.6 is 0 Å². The molecule has 1 aliphatic carbocycles. The first-order chi connectivity index (χ1) is 14.2. The van der Waals surface area contributed by atoms with Crippen LogP contribution in [-0.2, 0) is 15.6 Å². The van der Waals surface area contributed by atoms with Crippen LogP contribution in [-0.4, -0.2) is 11.6 Å². The lowest BCUT2D eigenvalue weighted by Gasteiger charge is -2.22. The second kappa shape index (κ2) is 8.59. The van der Waals surface area contributed by atoms with Crippen LogP contribution in [0.5, 0.6) is 0 Å². The van der Waals surface area contributed by atoms with Gasteiger partial charge in [0.2, 0.25) is 0 Å². The Balaban J connectivity index is 1.61. The minimum Gasteiger partial charge on any atom is -0.442 e. The van der Waals surface area contributed by atoms with Gasteiger partial charge in [0.05, 0.1) is 16.5 Å². The quantitative estimate of drug-likeness (QED) is 0.304. The van der Waals surface area contributed by atoms with Gasteiger partial charge >= 0.3 is 5.97 Å². The molecule has 0 bridgehead atoms. The maximum atomic E-state index is 12.7. The number of hydrogen-bond donors (Lipinski definition) is 0. The Morgan fingerprint density at radius 2 is 1.28 bits per heavy atom. The van der Waals surface area contributed by atoms with Gasteiger partial charge in [0, 0.05) is 0 Å². The van der Waals surface area contributed by atoms with Crippen LogP contribution in [0.15, 0.2) is 99.6 Å². The Hall–Kier alpha value is -2.96. The number of carbonyl (C=O) groups is 1. The molecule has 0 atom stereocenters. The Kier molecular flexibility index (Phi) is 5.74. The molecular weight excluding hydrogens is 376 g/mol. The van der Waals surface area contributed by atoms with E-state index in [1.54, 1.807) is 0 Å². The first kappa shape index (κ1) is 19.4. The molecule has 4 rings (SSSR count). The Morgan fingerprint density at radius 1 is 0.793 bits per heavy atom. The number of ether oxygens (including phenoxy) is 1. The minimum absolute atomic E-state index is 0.234. The van der Waals surface area contributed by atoms with E-state index in [9.17, 15) is 4.79 Å². The van der Waals surface area contributed by atoms with Crippen molar-refractivity contribution in [3.05, 3.63) is 90.5 Å². The Morgan fingerprint density at radius 3 is 1.76 bits per heavy atom. The molecule has 3 heteroatoms. The molecule has 1 saturated carbocycles. The summed E-state index contributed by atoms with van der Waals surface area (Å²) in [6, 6.07) is 28.6. The van der Waals surface area contributed by atoms with Crippen LogP contribution in [0.2, 0.25) is 0 Å². The van der Waals surface area contributed by atoms with E-state index in [2.05, 4.69) is 54.5 Å². The van der Waals surface area contributed by atoms with Crippen molar-refractivity contribution in [3.8, 4) is 12.3 Å². The summed E-state index contributed by atoms with van der Waals surface area (Å²) in [5, 5.41) is 0. The average Bonchev–Trinajstić information content (AvgIpc) is 3.25. The van der Waals surface area contributed by atoms with Crippen molar-refractivity contribution in [1.29, 1.82) is 0 Å². The Labute approximate surface area is 175 Å². The molecule has 0 N–H and O–H groups in total. The van der Waals surface area contributed by atoms with Crippen LogP contribution in [0.3, 0.4) is 0 Å². The molecule has 0 amide bonds. The SMILES string of the molecule is C#CC1(OC(=O)c2ccc([S+](c3ccccc3)c3ccccc3)cc2)CCCC1. The van der Waals surface area contributed by atoms with Gasteiger partial charge in [0.1, 0.15) is 0 Å². The minimum atomic E-state index is -0.728. The lowest BCUT2D eigenvalue weighted by Crippen LogP contribution is -2.30. The zero-order chi connectivity index (χ0) is 20.1. The zero-order valence-corrected chi connectivity index (χ0v) is 17.0. The van der Waals surface area contributed by atoms with Gasteiger partial charge in [-0.1, -0.05) is 42.3 Å². The lowest BCUT2D eigenvalue weighted by molar-refractivity contribution is 0.0104. The molecule has 1 fully saturated rings. The van der Waals surface area contributed by atoms with Crippen LogP contribution in [0, 0.1) is 12.3 Å². The number of terminal acetylenes is 1. The summed E-state index contributed by atoms with van der Waals surface area (Å²) in [6.07, 6.45) is 9.17. The average molecular weight is 400 g/mol. The maximum absolute atomic E-state index is 12.7. The van der Waals surface area contributed by atoms with E-state index in [1.165, 1.54) is 9.79 Å². The molecule has 0 saturated heterocycles. The summed E-state index contributed by atoms with van der Waals surface area (Å²) in [5.74, 6) is 2.37. The summed E-state index contributed by atoms with van der Waals surface area (Å²) in [5.41, 5.74) is -0.186. The van der Waals surface area contributed by atoms with E-state index in [-0.39, 0.29) is 16.9 Å². The van der Waals surface area contributed by atoms with Crippen LogP contribution < -0.4 is 0 Å². The Bertz CT molecular complexity index is 959. The highest BCUT2D eigenvalue weighted by atomic mass is 32.2. The predicted molar refractivity (Wildman–Crippen MR) is 117 cm³/mol. The van der Waals surface area contributed by atoms with Gasteiger partial charge in [-0.15, -0.1) is 6.42 Å². The topological polar surface area (TPSA) is 26.3 Å². The summed E-state index contributed by atoms with van der Waals surface area (Å²) in [4.78, 5) is 16.3. The molecule has 1 aliphatic rings. The molecule has 0 heterocycles. The summed E-state index contributed by atoms with van der Waals surface area (Å²) in [6.45, 7) is 0. The molecule has 3 aromatic carbocycles. The van der Waals surface area contributed by atoms with Gasteiger partial charge in [0.15, 0.2) is 20.3 Å². The molecular formula is C26H23O2S+. The molecule has 0 radical (unpaired) electrons. The molecule has 0 aliphatic heterocycles. The fourth-order valence-corrected chi connectivity index (χ4v) is 5.79. The van der Waals surface area contributed by atoms with Crippen LogP contribution in [0.4, 0.5) is 0 Å². The summed E-state index contributed by atoms with van der Waals surface area (Å²) < 4.78 is 5.73. The van der Waals surface area contributed by atoms with Crippen molar-refractivity contribution in [1.82, 2.24) is 0 Å². The monoisotopic (exact) mass is 399 g/mol. The highest BCUT2D eigenvalue weighted by molar-refractivity contribution is 7.97. The van der Waals surface area contributed by atoms with Crippen molar-refractivity contribution < 1.29 is 9.53 Å².